The molecule has 3 rings (SSSR count). The number of amides is 3. The number of piperidine rings is 1. The number of halogens is 1. The van der Waals surface area contributed by atoms with Gasteiger partial charge in [0, 0.05) is 47.9 Å². The highest BCUT2D eigenvalue weighted by Gasteiger charge is 2.26. The lowest BCUT2D eigenvalue weighted by atomic mass is 9.91. The van der Waals surface area contributed by atoms with E-state index in [0.29, 0.717) is 46.6 Å². The first-order chi connectivity index (χ1) is 15.7. The van der Waals surface area contributed by atoms with Crippen molar-refractivity contribution >= 4 is 35.0 Å². The smallest absolute Gasteiger partial charge is 0.253 e. The molecule has 3 amide bonds. The van der Waals surface area contributed by atoms with Crippen LogP contribution in [0.5, 0.6) is 0 Å². The third-order valence-corrected chi connectivity index (χ3v) is 6.14. The molecule has 2 N–H and O–H groups in total. The van der Waals surface area contributed by atoms with Crippen LogP contribution in [0.4, 0.5) is 5.69 Å². The number of aryl methyl sites for hydroxylation is 1. The summed E-state index contributed by atoms with van der Waals surface area (Å²) in [5, 5.41) is 6.29. The van der Waals surface area contributed by atoms with Gasteiger partial charge in [0.2, 0.25) is 5.91 Å². The van der Waals surface area contributed by atoms with E-state index in [1.807, 2.05) is 24.0 Å². The summed E-state index contributed by atoms with van der Waals surface area (Å²) in [4.78, 5) is 39.5. The van der Waals surface area contributed by atoms with Crippen molar-refractivity contribution in [3.05, 3.63) is 64.2 Å². The molecule has 176 valence electrons. The number of nitrogens with one attached hydrogen (secondary N) is 2. The summed E-state index contributed by atoms with van der Waals surface area (Å²) in [5.41, 5.74) is 2.66. The SMILES string of the molecule is Cc1ccc(C(=O)N2CC(C)CC(C)C2)cc1NC(=O)CCCNC(=O)c1ccc(Cl)cc1. The zero-order valence-corrected chi connectivity index (χ0v) is 20.2. The molecule has 2 atom stereocenters. The summed E-state index contributed by atoms with van der Waals surface area (Å²) in [5.74, 6) is 0.637. The molecule has 2 aromatic rings. The third kappa shape index (κ3) is 7.06. The normalized spacial score (nSPS) is 18.0. The lowest BCUT2D eigenvalue weighted by molar-refractivity contribution is -0.116. The maximum atomic E-state index is 13.0. The van der Waals surface area contributed by atoms with E-state index in [2.05, 4.69) is 24.5 Å². The Morgan fingerprint density at radius 1 is 1.00 bits per heavy atom. The predicted octanol–water partition coefficient (Wildman–Crippen LogP) is 4.92. The Kier molecular flexibility index (Phi) is 8.50. The molecule has 0 aliphatic carbocycles. The maximum absolute atomic E-state index is 13.0. The van der Waals surface area contributed by atoms with Crippen LogP contribution in [0.1, 0.15) is 59.4 Å². The van der Waals surface area contributed by atoms with Gasteiger partial charge >= 0.3 is 0 Å². The van der Waals surface area contributed by atoms with Gasteiger partial charge in [0.25, 0.3) is 11.8 Å². The van der Waals surface area contributed by atoms with Gasteiger partial charge in [-0.05, 0) is 73.6 Å². The minimum Gasteiger partial charge on any atom is -0.352 e. The van der Waals surface area contributed by atoms with Gasteiger partial charge < -0.3 is 15.5 Å². The summed E-state index contributed by atoms with van der Waals surface area (Å²) in [7, 11) is 0. The Morgan fingerprint density at radius 2 is 1.64 bits per heavy atom. The second-order valence-electron chi connectivity index (χ2n) is 9.10. The van der Waals surface area contributed by atoms with Crippen molar-refractivity contribution in [1.29, 1.82) is 0 Å². The van der Waals surface area contributed by atoms with Crippen molar-refractivity contribution in [2.75, 3.05) is 25.0 Å². The summed E-state index contributed by atoms with van der Waals surface area (Å²) in [6, 6.07) is 12.1. The molecule has 33 heavy (non-hydrogen) atoms. The number of carbonyl (C=O) groups is 3. The van der Waals surface area contributed by atoms with Gasteiger partial charge in [-0.1, -0.05) is 31.5 Å². The molecule has 0 bridgehead atoms. The van der Waals surface area contributed by atoms with Gasteiger partial charge in [0.1, 0.15) is 0 Å². The molecular weight excluding hydrogens is 438 g/mol. The number of hydrogen-bond donors (Lipinski definition) is 2. The lowest BCUT2D eigenvalue weighted by Gasteiger charge is -2.35. The van der Waals surface area contributed by atoms with Gasteiger partial charge in [-0.25, -0.2) is 0 Å². The minimum absolute atomic E-state index is 0.00816. The fourth-order valence-electron chi connectivity index (χ4n) is 4.27. The van der Waals surface area contributed by atoms with Crippen LogP contribution in [0, 0.1) is 18.8 Å². The largest absolute Gasteiger partial charge is 0.352 e. The van der Waals surface area contributed by atoms with E-state index in [0.717, 1.165) is 25.1 Å². The van der Waals surface area contributed by atoms with E-state index in [4.69, 9.17) is 11.6 Å². The first kappa shape index (κ1) is 24.8. The molecule has 0 aromatic heterocycles. The molecule has 1 heterocycles. The second kappa shape index (κ2) is 11.3. The van der Waals surface area contributed by atoms with Crippen LogP contribution in [0.3, 0.4) is 0 Å². The van der Waals surface area contributed by atoms with Crippen LogP contribution >= 0.6 is 11.6 Å². The zero-order chi connectivity index (χ0) is 24.0. The van der Waals surface area contributed by atoms with Crippen molar-refractivity contribution in [3.63, 3.8) is 0 Å². The van der Waals surface area contributed by atoms with E-state index in [-0.39, 0.29) is 24.1 Å². The molecule has 7 heteroatoms. The van der Waals surface area contributed by atoms with E-state index in [1.54, 1.807) is 30.3 Å². The molecule has 2 unspecified atom stereocenters. The van der Waals surface area contributed by atoms with Gasteiger partial charge in [0.15, 0.2) is 0 Å². The van der Waals surface area contributed by atoms with Gasteiger partial charge in [-0.2, -0.15) is 0 Å². The number of rotatable bonds is 7. The number of benzene rings is 2. The highest BCUT2D eigenvalue weighted by molar-refractivity contribution is 6.30. The standard InChI is InChI=1S/C26H32ClN3O3/c1-17-13-18(2)16-30(15-17)26(33)21-7-6-19(3)23(14-21)29-24(31)5-4-12-28-25(32)20-8-10-22(27)11-9-20/h6-11,14,17-18H,4-5,12-13,15-16H2,1-3H3,(H,28,32)(H,29,31). The monoisotopic (exact) mass is 469 g/mol. The van der Waals surface area contributed by atoms with Crippen LogP contribution < -0.4 is 10.6 Å². The Hall–Kier alpha value is -2.86. The first-order valence-electron chi connectivity index (χ1n) is 11.5. The van der Waals surface area contributed by atoms with Gasteiger partial charge in [-0.15, -0.1) is 0 Å². The van der Waals surface area contributed by atoms with Gasteiger partial charge in [0.05, 0.1) is 0 Å². The van der Waals surface area contributed by atoms with Crippen LogP contribution in [0.15, 0.2) is 42.5 Å². The van der Waals surface area contributed by atoms with E-state index < -0.39 is 0 Å². The Labute approximate surface area is 200 Å². The summed E-state index contributed by atoms with van der Waals surface area (Å²) in [6.45, 7) is 8.17. The Balaban J connectivity index is 1.50. The van der Waals surface area contributed by atoms with Crippen molar-refractivity contribution in [1.82, 2.24) is 10.2 Å². The molecule has 0 radical (unpaired) electrons. The Morgan fingerprint density at radius 3 is 2.30 bits per heavy atom. The summed E-state index contributed by atoms with van der Waals surface area (Å²) >= 11 is 5.84. The number of likely N-dealkylation sites (tertiary alicyclic amines) is 1. The zero-order valence-electron chi connectivity index (χ0n) is 19.5. The molecular formula is C26H32ClN3O3. The van der Waals surface area contributed by atoms with Crippen molar-refractivity contribution in [3.8, 4) is 0 Å². The molecule has 6 nitrogen and oxygen atoms in total. The first-order valence-corrected chi connectivity index (χ1v) is 11.8. The fraction of sp³-hybridized carbons (Fsp3) is 0.423. The van der Waals surface area contributed by atoms with Crippen LogP contribution in [-0.2, 0) is 4.79 Å². The third-order valence-electron chi connectivity index (χ3n) is 5.89. The van der Waals surface area contributed by atoms with Crippen LogP contribution in [0.2, 0.25) is 5.02 Å². The highest BCUT2D eigenvalue weighted by Crippen LogP contribution is 2.24. The molecule has 0 saturated carbocycles. The quantitative estimate of drug-likeness (QED) is 0.565. The second-order valence-corrected chi connectivity index (χ2v) is 9.54. The van der Waals surface area contributed by atoms with Crippen molar-refractivity contribution in [2.24, 2.45) is 11.8 Å². The van der Waals surface area contributed by atoms with Crippen LogP contribution in [-0.4, -0.2) is 42.3 Å². The average molecular weight is 470 g/mol. The molecule has 1 fully saturated rings. The lowest BCUT2D eigenvalue weighted by Crippen LogP contribution is -2.42. The molecule has 2 aromatic carbocycles. The summed E-state index contributed by atoms with van der Waals surface area (Å²) < 4.78 is 0. The Bertz CT molecular complexity index is 996. The molecule has 1 aliphatic heterocycles. The predicted molar refractivity (Wildman–Crippen MR) is 132 cm³/mol. The number of carbonyl (C=O) groups excluding carboxylic acids is 3. The number of nitrogens with zero attached hydrogens (tertiary/aromatic N) is 1. The van der Waals surface area contributed by atoms with E-state index >= 15 is 0 Å². The number of anilines is 1. The molecule has 1 aliphatic rings. The summed E-state index contributed by atoms with van der Waals surface area (Å²) in [6.07, 6.45) is 1.91. The van der Waals surface area contributed by atoms with E-state index in [1.165, 1.54) is 0 Å². The topological polar surface area (TPSA) is 78.5 Å². The maximum Gasteiger partial charge on any atom is 0.253 e. The van der Waals surface area contributed by atoms with Crippen molar-refractivity contribution < 1.29 is 14.4 Å². The van der Waals surface area contributed by atoms with Crippen LogP contribution in [0.25, 0.3) is 0 Å². The minimum atomic E-state index is -0.199. The average Bonchev–Trinajstić information content (AvgIpc) is 2.77. The van der Waals surface area contributed by atoms with Gasteiger partial charge in [-0.3, -0.25) is 14.4 Å². The van der Waals surface area contributed by atoms with E-state index in [9.17, 15) is 14.4 Å². The molecule has 0 spiro atoms. The molecule has 1 saturated heterocycles. The van der Waals surface area contributed by atoms with Crippen molar-refractivity contribution in [2.45, 2.75) is 40.0 Å². The fourth-order valence-corrected chi connectivity index (χ4v) is 4.39. The highest BCUT2D eigenvalue weighted by atomic mass is 35.5. The number of hydrogen-bond acceptors (Lipinski definition) is 3.